The second-order valence-electron chi connectivity index (χ2n) is 9.42. The maximum absolute atomic E-state index is 13.1. The first-order valence-corrected chi connectivity index (χ1v) is 11.6. The van der Waals surface area contributed by atoms with E-state index in [2.05, 4.69) is 48.9 Å². The Kier molecular flexibility index (Phi) is 4.51. The van der Waals surface area contributed by atoms with Gasteiger partial charge in [0.05, 0.1) is 11.7 Å². The molecule has 4 aromatic heterocycles. The number of fused-ring (bicyclic) bond motifs is 4. The maximum Gasteiger partial charge on any atom is 0.273 e. The van der Waals surface area contributed by atoms with Gasteiger partial charge in [0.2, 0.25) is 0 Å². The predicted molar refractivity (Wildman–Crippen MR) is 117 cm³/mol. The molecule has 2 N–H and O–H groups in total. The molecule has 9 nitrogen and oxygen atoms in total. The van der Waals surface area contributed by atoms with Crippen molar-refractivity contribution in [2.24, 2.45) is 11.8 Å². The van der Waals surface area contributed by atoms with Crippen molar-refractivity contribution in [3.05, 3.63) is 41.3 Å². The van der Waals surface area contributed by atoms with Crippen LogP contribution >= 0.6 is 0 Å². The summed E-state index contributed by atoms with van der Waals surface area (Å²) in [5, 5.41) is 16.3. The molecule has 4 atom stereocenters. The van der Waals surface area contributed by atoms with Crippen LogP contribution in [0.1, 0.15) is 73.1 Å². The molecule has 9 heteroatoms. The lowest BCUT2D eigenvalue weighted by Gasteiger charge is -2.17. The van der Waals surface area contributed by atoms with Crippen molar-refractivity contribution in [2.75, 3.05) is 0 Å². The van der Waals surface area contributed by atoms with Crippen LogP contribution in [0.5, 0.6) is 0 Å². The summed E-state index contributed by atoms with van der Waals surface area (Å²) in [5.41, 5.74) is 4.01. The number of nitrogens with zero attached hydrogens (tertiary/aromatic N) is 5. The molecule has 0 saturated heterocycles. The van der Waals surface area contributed by atoms with Crippen LogP contribution in [0.3, 0.4) is 0 Å². The normalized spacial score (nSPS) is 25.4. The molecule has 0 aliphatic heterocycles. The molecule has 0 bridgehead atoms. The van der Waals surface area contributed by atoms with E-state index in [9.17, 15) is 4.79 Å². The van der Waals surface area contributed by atoms with Crippen molar-refractivity contribution < 1.29 is 9.32 Å². The van der Waals surface area contributed by atoms with Crippen LogP contribution in [-0.2, 0) is 12.8 Å². The second kappa shape index (κ2) is 7.43. The van der Waals surface area contributed by atoms with Gasteiger partial charge in [-0.25, -0.2) is 4.98 Å². The molecule has 0 radical (unpaired) electrons. The van der Waals surface area contributed by atoms with E-state index in [1.54, 1.807) is 6.20 Å². The van der Waals surface area contributed by atoms with Crippen molar-refractivity contribution in [1.82, 2.24) is 35.0 Å². The van der Waals surface area contributed by atoms with Crippen LogP contribution < -0.4 is 5.32 Å². The Labute approximate surface area is 185 Å². The Hall–Kier alpha value is -3.23. The summed E-state index contributed by atoms with van der Waals surface area (Å²) in [6, 6.07) is 2.08. The summed E-state index contributed by atoms with van der Waals surface area (Å²) in [5.74, 6) is 2.89. The number of hydrogen-bond acceptors (Lipinski definition) is 6. The number of aromatic nitrogens is 6. The van der Waals surface area contributed by atoms with Crippen molar-refractivity contribution in [1.29, 1.82) is 0 Å². The lowest BCUT2D eigenvalue weighted by Crippen LogP contribution is -2.34. The van der Waals surface area contributed by atoms with Gasteiger partial charge in [-0.15, -0.1) is 10.2 Å². The zero-order valence-corrected chi connectivity index (χ0v) is 18.3. The minimum atomic E-state index is -0.118. The number of nitrogens with one attached hydrogen (secondary N) is 2. The highest BCUT2D eigenvalue weighted by Crippen LogP contribution is 2.41. The molecule has 0 spiro atoms. The van der Waals surface area contributed by atoms with Crippen molar-refractivity contribution in [3.63, 3.8) is 0 Å². The lowest BCUT2D eigenvalue weighted by atomic mass is 9.88. The Morgan fingerprint density at radius 3 is 3.12 bits per heavy atom. The van der Waals surface area contributed by atoms with E-state index in [0.29, 0.717) is 17.5 Å². The summed E-state index contributed by atoms with van der Waals surface area (Å²) in [6.45, 7) is 4.42. The van der Waals surface area contributed by atoms with E-state index < -0.39 is 0 Å². The van der Waals surface area contributed by atoms with Crippen molar-refractivity contribution >= 4 is 22.7 Å². The molecular formula is C23H27N7O2. The molecule has 0 aromatic carbocycles. The van der Waals surface area contributed by atoms with Crippen molar-refractivity contribution in [3.8, 4) is 0 Å². The molecular weight excluding hydrogens is 406 g/mol. The van der Waals surface area contributed by atoms with E-state index in [1.807, 2.05) is 12.3 Å². The summed E-state index contributed by atoms with van der Waals surface area (Å²) >= 11 is 0. The number of amides is 1. The van der Waals surface area contributed by atoms with Gasteiger partial charge in [0.25, 0.3) is 5.91 Å². The number of carbonyl (C=O) groups excluding carboxylic acids is 1. The fourth-order valence-electron chi connectivity index (χ4n) is 5.66. The monoisotopic (exact) mass is 433 g/mol. The van der Waals surface area contributed by atoms with E-state index in [-0.39, 0.29) is 17.9 Å². The van der Waals surface area contributed by atoms with Gasteiger partial charge >= 0.3 is 0 Å². The molecule has 166 valence electrons. The number of hydrogen-bond donors (Lipinski definition) is 2. The van der Waals surface area contributed by atoms with Gasteiger partial charge in [-0.2, -0.15) is 0 Å². The zero-order chi connectivity index (χ0) is 21.8. The molecule has 4 heterocycles. The maximum atomic E-state index is 13.1. The first-order chi connectivity index (χ1) is 15.6. The summed E-state index contributed by atoms with van der Waals surface area (Å²) in [6.07, 6.45) is 9.21. The van der Waals surface area contributed by atoms with Crippen LogP contribution in [0.4, 0.5) is 0 Å². The third kappa shape index (κ3) is 3.02. The number of aromatic amines is 1. The van der Waals surface area contributed by atoms with Gasteiger partial charge < -0.3 is 14.8 Å². The molecule has 32 heavy (non-hydrogen) atoms. The highest BCUT2D eigenvalue weighted by Gasteiger charge is 2.39. The van der Waals surface area contributed by atoms with E-state index in [0.717, 1.165) is 72.5 Å². The molecule has 1 fully saturated rings. The van der Waals surface area contributed by atoms with Crippen molar-refractivity contribution in [2.45, 2.75) is 64.3 Å². The van der Waals surface area contributed by atoms with Gasteiger partial charge in [0.1, 0.15) is 11.6 Å². The van der Waals surface area contributed by atoms with Crippen LogP contribution in [-0.4, -0.2) is 41.7 Å². The Bertz CT molecular complexity index is 1300. The number of rotatable bonds is 4. The van der Waals surface area contributed by atoms with Gasteiger partial charge in [-0.3, -0.25) is 9.20 Å². The topological polar surface area (TPSA) is 114 Å². The SMILES string of the molecule is CC[C@@H]1C[C@H](NC(=O)c2noc3c2CC(C)CC3)C[C@@H]1c1nnc2cnc3[nH]ccc3n12. The second-order valence-corrected chi connectivity index (χ2v) is 9.42. The van der Waals surface area contributed by atoms with Crippen LogP contribution in [0, 0.1) is 11.8 Å². The van der Waals surface area contributed by atoms with E-state index in [4.69, 9.17) is 4.52 Å². The fourth-order valence-corrected chi connectivity index (χ4v) is 5.66. The summed E-state index contributed by atoms with van der Waals surface area (Å²) < 4.78 is 7.59. The molecule has 2 aliphatic rings. The van der Waals surface area contributed by atoms with Gasteiger partial charge in [0.15, 0.2) is 17.0 Å². The average Bonchev–Trinajstić information content (AvgIpc) is 3.56. The average molecular weight is 434 g/mol. The third-order valence-electron chi connectivity index (χ3n) is 7.35. The molecule has 6 rings (SSSR count). The molecule has 1 unspecified atom stereocenters. The van der Waals surface area contributed by atoms with Crippen LogP contribution in [0.25, 0.3) is 16.8 Å². The molecule has 4 aromatic rings. The predicted octanol–water partition coefficient (Wildman–Crippen LogP) is 3.42. The fraction of sp³-hybridized carbons (Fsp3) is 0.522. The van der Waals surface area contributed by atoms with Crippen LogP contribution in [0.2, 0.25) is 0 Å². The minimum absolute atomic E-state index is 0.0710. The number of carbonyl (C=O) groups is 1. The highest BCUT2D eigenvalue weighted by atomic mass is 16.5. The lowest BCUT2D eigenvalue weighted by molar-refractivity contribution is 0.0927. The first-order valence-electron chi connectivity index (χ1n) is 11.6. The Morgan fingerprint density at radius 1 is 1.34 bits per heavy atom. The molecule has 1 saturated carbocycles. The first kappa shape index (κ1) is 19.5. The van der Waals surface area contributed by atoms with Gasteiger partial charge in [-0.1, -0.05) is 25.4 Å². The van der Waals surface area contributed by atoms with E-state index >= 15 is 0 Å². The van der Waals surface area contributed by atoms with Gasteiger partial charge in [0, 0.05) is 30.1 Å². The minimum Gasteiger partial charge on any atom is -0.360 e. The molecule has 2 aliphatic carbocycles. The smallest absolute Gasteiger partial charge is 0.273 e. The molecule has 1 amide bonds. The highest BCUT2D eigenvalue weighted by molar-refractivity contribution is 5.94. The number of aryl methyl sites for hydroxylation is 1. The number of H-pyrrole nitrogens is 1. The Morgan fingerprint density at radius 2 is 2.25 bits per heavy atom. The Balaban J connectivity index is 1.26. The summed E-state index contributed by atoms with van der Waals surface area (Å²) in [4.78, 5) is 20.7. The van der Waals surface area contributed by atoms with Gasteiger partial charge in [-0.05, 0) is 43.6 Å². The largest absolute Gasteiger partial charge is 0.360 e. The van der Waals surface area contributed by atoms with Crippen LogP contribution in [0.15, 0.2) is 23.0 Å². The zero-order valence-electron chi connectivity index (χ0n) is 18.3. The third-order valence-corrected chi connectivity index (χ3v) is 7.35. The summed E-state index contributed by atoms with van der Waals surface area (Å²) in [7, 11) is 0. The standard InChI is InChI=1S/C23H27N7O2/c1-3-13-9-14(26-23(31)20-16-8-12(2)4-5-18(16)32-29-20)10-15(13)22-28-27-19-11-25-21-17(30(19)22)6-7-24-21/h6-7,11-15,24H,3-5,8-10H2,1-2H3,(H,26,31)/t12?,13-,14+,15+/m1/s1. The van der Waals surface area contributed by atoms with E-state index in [1.165, 1.54) is 0 Å². The quantitative estimate of drug-likeness (QED) is 0.510.